The zero-order chi connectivity index (χ0) is 24.8. The molecule has 1 aromatic heterocycles. The zero-order valence-electron chi connectivity index (χ0n) is 18.2. The summed E-state index contributed by atoms with van der Waals surface area (Å²) in [5.74, 6) is 5.30. The molecule has 0 bridgehead atoms. The average molecular weight is 520 g/mol. The highest BCUT2D eigenvalue weighted by Crippen LogP contribution is 2.29. The Labute approximate surface area is 202 Å². The van der Waals surface area contributed by atoms with Crippen LogP contribution in [0, 0.1) is 11.8 Å². The predicted molar refractivity (Wildman–Crippen MR) is 127 cm³/mol. The van der Waals surface area contributed by atoms with E-state index >= 15 is 0 Å². The van der Waals surface area contributed by atoms with Crippen LogP contribution in [0.3, 0.4) is 0 Å². The molecule has 3 aromatic rings. The van der Waals surface area contributed by atoms with Gasteiger partial charge in [-0.25, -0.2) is 16.8 Å². The molecule has 1 N–H and O–H groups in total. The van der Waals surface area contributed by atoms with Crippen LogP contribution < -0.4 is 9.46 Å². The molecule has 2 aromatic carbocycles. The van der Waals surface area contributed by atoms with Crippen molar-refractivity contribution in [3.63, 3.8) is 0 Å². The third-order valence-electron chi connectivity index (χ3n) is 4.59. The van der Waals surface area contributed by atoms with E-state index in [0.29, 0.717) is 11.3 Å². The van der Waals surface area contributed by atoms with Crippen LogP contribution in [0.15, 0.2) is 80.0 Å². The first-order chi connectivity index (χ1) is 16.2. The standard InChI is InChI=1S/C23H21NO7S3/c1-30-18-11-13-19(14-12-18)33(26,27)20-15-22(32-16-20)34(28,29)24-21(23(25)31-2)10-6-9-17-7-4-3-5-8-17/h3-5,7-8,11-16,21,24H,10H2,1-2H3. The van der Waals surface area contributed by atoms with Crippen LogP contribution in [0.4, 0.5) is 0 Å². The summed E-state index contributed by atoms with van der Waals surface area (Å²) in [5.41, 5.74) is 0.709. The minimum absolute atomic E-state index is 0.00775. The van der Waals surface area contributed by atoms with Crippen molar-refractivity contribution in [3.05, 3.63) is 71.6 Å². The summed E-state index contributed by atoms with van der Waals surface area (Å²) in [5, 5.41) is 1.23. The third-order valence-corrected chi connectivity index (χ3v) is 9.40. The molecule has 0 aliphatic heterocycles. The zero-order valence-corrected chi connectivity index (χ0v) is 20.7. The van der Waals surface area contributed by atoms with Gasteiger partial charge in [0.15, 0.2) is 0 Å². The summed E-state index contributed by atoms with van der Waals surface area (Å²) >= 11 is 0.725. The van der Waals surface area contributed by atoms with Crippen LogP contribution in [0.5, 0.6) is 5.75 Å². The molecule has 0 amide bonds. The number of carbonyl (C=O) groups is 1. The highest BCUT2D eigenvalue weighted by atomic mass is 32.2. The Kier molecular flexibility index (Phi) is 8.11. The van der Waals surface area contributed by atoms with Crippen LogP contribution in [0.2, 0.25) is 0 Å². The molecule has 34 heavy (non-hydrogen) atoms. The van der Waals surface area contributed by atoms with E-state index in [1.807, 2.05) is 6.07 Å². The van der Waals surface area contributed by atoms with E-state index in [1.54, 1.807) is 24.3 Å². The minimum Gasteiger partial charge on any atom is -0.497 e. The van der Waals surface area contributed by atoms with Crippen LogP contribution in [-0.2, 0) is 29.4 Å². The Morgan fingerprint density at radius 1 is 1.00 bits per heavy atom. The largest absolute Gasteiger partial charge is 0.497 e. The first kappa shape index (κ1) is 25.5. The quantitative estimate of drug-likeness (QED) is 0.359. The van der Waals surface area contributed by atoms with E-state index in [1.165, 1.54) is 36.8 Å². The molecule has 0 spiro atoms. The van der Waals surface area contributed by atoms with Crippen molar-refractivity contribution in [2.45, 2.75) is 26.5 Å². The lowest BCUT2D eigenvalue weighted by Gasteiger charge is -2.13. The molecule has 178 valence electrons. The fraction of sp³-hybridized carbons (Fsp3) is 0.174. The van der Waals surface area contributed by atoms with Gasteiger partial charge in [0.2, 0.25) is 9.84 Å². The number of benzene rings is 2. The van der Waals surface area contributed by atoms with Crippen molar-refractivity contribution >= 4 is 37.2 Å². The van der Waals surface area contributed by atoms with E-state index in [4.69, 9.17) is 9.47 Å². The molecule has 0 fully saturated rings. The number of rotatable bonds is 8. The van der Waals surface area contributed by atoms with Crippen molar-refractivity contribution in [1.29, 1.82) is 0 Å². The van der Waals surface area contributed by atoms with E-state index in [0.717, 1.165) is 24.5 Å². The second-order valence-corrected chi connectivity index (χ2v) is 11.7. The fourth-order valence-corrected chi connectivity index (χ4v) is 6.89. The fourth-order valence-electron chi connectivity index (χ4n) is 2.81. The molecule has 1 unspecified atom stereocenters. The number of sulfone groups is 1. The number of nitrogens with one attached hydrogen (secondary N) is 1. The van der Waals surface area contributed by atoms with E-state index in [9.17, 15) is 21.6 Å². The van der Waals surface area contributed by atoms with E-state index in [2.05, 4.69) is 16.6 Å². The Morgan fingerprint density at radius 3 is 2.29 bits per heavy atom. The van der Waals surface area contributed by atoms with E-state index in [-0.39, 0.29) is 20.4 Å². The molecule has 0 aliphatic carbocycles. The lowest BCUT2D eigenvalue weighted by atomic mass is 10.2. The molecule has 8 nitrogen and oxygen atoms in total. The van der Waals surface area contributed by atoms with E-state index < -0.39 is 31.9 Å². The first-order valence-electron chi connectivity index (χ1n) is 9.79. The van der Waals surface area contributed by atoms with Gasteiger partial charge in [-0.1, -0.05) is 30.0 Å². The van der Waals surface area contributed by atoms with Gasteiger partial charge >= 0.3 is 5.97 Å². The maximum atomic E-state index is 12.9. The molecule has 3 rings (SSSR count). The normalized spacial score (nSPS) is 12.3. The van der Waals surface area contributed by atoms with Crippen LogP contribution in [-0.4, -0.2) is 43.1 Å². The maximum absolute atomic E-state index is 12.9. The second-order valence-electron chi connectivity index (χ2n) is 6.85. The minimum atomic E-state index is -4.23. The number of thiophene rings is 1. The third kappa shape index (κ3) is 6.03. The molecular weight excluding hydrogens is 498 g/mol. The SMILES string of the molecule is COC(=O)C(CC#Cc1ccccc1)NS(=O)(=O)c1cc(S(=O)(=O)c2ccc(OC)cc2)cs1. The lowest BCUT2D eigenvalue weighted by Crippen LogP contribution is -2.41. The number of carbonyl (C=O) groups excluding carboxylic acids is 1. The molecule has 0 saturated carbocycles. The summed E-state index contributed by atoms with van der Waals surface area (Å²) in [6.07, 6.45) is -0.136. The highest BCUT2D eigenvalue weighted by Gasteiger charge is 2.29. The first-order valence-corrected chi connectivity index (χ1v) is 13.6. The van der Waals surface area contributed by atoms with Crippen LogP contribution >= 0.6 is 11.3 Å². The predicted octanol–water partition coefficient (Wildman–Crippen LogP) is 2.85. The van der Waals surface area contributed by atoms with Crippen LogP contribution in [0.25, 0.3) is 0 Å². The van der Waals surface area contributed by atoms with Gasteiger partial charge in [-0.05, 0) is 42.5 Å². The number of hydrogen-bond acceptors (Lipinski definition) is 8. The van der Waals surface area contributed by atoms with Gasteiger partial charge in [0.25, 0.3) is 10.0 Å². The highest BCUT2D eigenvalue weighted by molar-refractivity contribution is 7.93. The van der Waals surface area contributed by atoms with Gasteiger partial charge in [-0.15, -0.1) is 11.3 Å². The van der Waals surface area contributed by atoms with Crippen molar-refractivity contribution in [2.75, 3.05) is 14.2 Å². The second kappa shape index (κ2) is 10.8. The molecule has 0 saturated heterocycles. The maximum Gasteiger partial charge on any atom is 0.324 e. The Morgan fingerprint density at radius 2 is 1.68 bits per heavy atom. The van der Waals surface area contributed by atoms with Gasteiger partial charge in [-0.2, -0.15) is 4.72 Å². The summed E-state index contributed by atoms with van der Waals surface area (Å²) in [7, 11) is -5.58. The molecule has 11 heteroatoms. The van der Waals surface area contributed by atoms with Gasteiger partial charge < -0.3 is 9.47 Å². The summed E-state index contributed by atoms with van der Waals surface area (Å²) in [6.45, 7) is 0. The Hall–Kier alpha value is -3.17. The van der Waals surface area contributed by atoms with Gasteiger partial charge in [0.1, 0.15) is 16.0 Å². The number of methoxy groups -OCH3 is 2. The molecular formula is C23H21NO7S3. The molecule has 0 aliphatic rings. The Balaban J connectivity index is 1.81. The number of esters is 1. The van der Waals surface area contributed by atoms with Crippen molar-refractivity contribution in [2.24, 2.45) is 0 Å². The van der Waals surface area contributed by atoms with Crippen molar-refractivity contribution in [3.8, 4) is 17.6 Å². The summed E-state index contributed by atoms with van der Waals surface area (Å²) < 4.78 is 63.3. The Bertz CT molecular complexity index is 1420. The van der Waals surface area contributed by atoms with Crippen LogP contribution in [0.1, 0.15) is 12.0 Å². The summed E-state index contributed by atoms with van der Waals surface area (Å²) in [4.78, 5) is 12.0. The number of sulfonamides is 1. The smallest absolute Gasteiger partial charge is 0.324 e. The van der Waals surface area contributed by atoms with Crippen molar-refractivity contribution in [1.82, 2.24) is 4.72 Å². The lowest BCUT2D eigenvalue weighted by molar-refractivity contribution is -0.142. The number of hydrogen-bond donors (Lipinski definition) is 1. The monoisotopic (exact) mass is 519 g/mol. The average Bonchev–Trinajstić information content (AvgIpc) is 3.36. The topological polar surface area (TPSA) is 116 Å². The molecule has 1 heterocycles. The van der Waals surface area contributed by atoms with Gasteiger partial charge in [0.05, 0.1) is 24.0 Å². The van der Waals surface area contributed by atoms with Gasteiger partial charge in [0, 0.05) is 17.4 Å². The van der Waals surface area contributed by atoms with Crippen molar-refractivity contribution < 1.29 is 31.1 Å². The molecule has 1 atom stereocenters. The summed E-state index contributed by atoms with van der Waals surface area (Å²) in [6, 6.07) is 14.5. The molecule has 0 radical (unpaired) electrons. The van der Waals surface area contributed by atoms with Gasteiger partial charge in [-0.3, -0.25) is 4.79 Å². The number of ether oxygens (including phenoxy) is 2.